The lowest BCUT2D eigenvalue weighted by Gasteiger charge is -2.35. The predicted molar refractivity (Wildman–Crippen MR) is 120 cm³/mol. The van der Waals surface area contributed by atoms with Crippen molar-refractivity contribution in [1.82, 2.24) is 20.2 Å². The van der Waals surface area contributed by atoms with E-state index in [-0.39, 0.29) is 11.8 Å². The van der Waals surface area contributed by atoms with E-state index in [2.05, 4.69) is 22.1 Å². The normalized spacial score (nSPS) is 19.3. The van der Waals surface area contributed by atoms with Crippen LogP contribution in [0.25, 0.3) is 11.5 Å². The van der Waals surface area contributed by atoms with E-state index in [1.54, 1.807) is 0 Å². The summed E-state index contributed by atoms with van der Waals surface area (Å²) in [6.45, 7) is 8.96. The number of aryl methyl sites for hydroxylation is 2. The summed E-state index contributed by atoms with van der Waals surface area (Å²) in [5.74, 6) is 2.00. The van der Waals surface area contributed by atoms with E-state index < -0.39 is 0 Å². The second kappa shape index (κ2) is 9.43. The van der Waals surface area contributed by atoms with Gasteiger partial charge in [-0.15, -0.1) is 0 Å². The molecule has 3 aromatic rings. The summed E-state index contributed by atoms with van der Waals surface area (Å²) in [5.41, 5.74) is 3.77. The van der Waals surface area contributed by atoms with Crippen molar-refractivity contribution >= 4 is 5.91 Å². The summed E-state index contributed by atoms with van der Waals surface area (Å²) in [5, 5.41) is 3.08. The summed E-state index contributed by atoms with van der Waals surface area (Å²) < 4.78 is 5.92. The first kappa shape index (κ1) is 21.2. The summed E-state index contributed by atoms with van der Waals surface area (Å²) in [6, 6.07) is 15.8. The van der Waals surface area contributed by atoms with E-state index in [0.29, 0.717) is 24.9 Å². The van der Waals surface area contributed by atoms with Crippen molar-refractivity contribution < 1.29 is 9.21 Å². The van der Waals surface area contributed by atoms with Crippen molar-refractivity contribution in [3.63, 3.8) is 0 Å². The van der Waals surface area contributed by atoms with Gasteiger partial charge in [0.1, 0.15) is 5.76 Å². The number of aromatic nitrogens is 2. The third-order valence-electron chi connectivity index (χ3n) is 5.78. The highest BCUT2D eigenvalue weighted by molar-refractivity contribution is 5.79. The van der Waals surface area contributed by atoms with Crippen molar-refractivity contribution in [3.05, 3.63) is 71.4 Å². The highest BCUT2D eigenvalue weighted by Crippen LogP contribution is 2.26. The van der Waals surface area contributed by atoms with Crippen LogP contribution in [0.1, 0.15) is 36.2 Å². The number of amides is 1. The van der Waals surface area contributed by atoms with Gasteiger partial charge < -0.3 is 9.73 Å². The van der Waals surface area contributed by atoms with Crippen molar-refractivity contribution in [2.45, 2.75) is 40.3 Å². The monoisotopic (exact) mass is 418 g/mol. The summed E-state index contributed by atoms with van der Waals surface area (Å²) in [7, 11) is 0. The number of pyridine rings is 1. The molecule has 162 valence electrons. The van der Waals surface area contributed by atoms with Crippen molar-refractivity contribution in [2.24, 2.45) is 11.8 Å². The Labute approximate surface area is 183 Å². The molecule has 1 saturated heterocycles. The van der Waals surface area contributed by atoms with E-state index in [4.69, 9.17) is 9.40 Å². The smallest absolute Gasteiger partial charge is 0.226 e. The highest BCUT2D eigenvalue weighted by Gasteiger charge is 2.30. The van der Waals surface area contributed by atoms with E-state index >= 15 is 0 Å². The Balaban J connectivity index is 1.38. The van der Waals surface area contributed by atoms with Crippen LogP contribution in [-0.4, -0.2) is 33.9 Å². The Hall–Kier alpha value is -2.99. The maximum atomic E-state index is 12.9. The van der Waals surface area contributed by atoms with Gasteiger partial charge in [0.2, 0.25) is 11.8 Å². The number of benzene rings is 1. The van der Waals surface area contributed by atoms with Gasteiger partial charge in [0.15, 0.2) is 0 Å². The molecule has 2 atom stereocenters. The molecule has 0 unspecified atom stereocenters. The number of hydrogen-bond acceptors (Lipinski definition) is 5. The number of rotatable bonds is 6. The number of oxazole rings is 1. The molecule has 0 bridgehead atoms. The number of piperidine rings is 1. The molecule has 0 radical (unpaired) electrons. The zero-order valence-corrected chi connectivity index (χ0v) is 18.5. The van der Waals surface area contributed by atoms with Crippen molar-refractivity contribution in [2.75, 3.05) is 13.1 Å². The van der Waals surface area contributed by atoms with Gasteiger partial charge in [-0.1, -0.05) is 31.2 Å². The minimum Gasteiger partial charge on any atom is -0.441 e. The number of nitrogens with one attached hydrogen (secondary N) is 1. The lowest BCUT2D eigenvalue weighted by atomic mass is 9.89. The van der Waals surface area contributed by atoms with Gasteiger partial charge in [-0.05, 0) is 50.5 Å². The fraction of sp³-hybridized carbons (Fsp3) is 0.400. The predicted octanol–water partition coefficient (Wildman–Crippen LogP) is 4.13. The molecule has 1 aliphatic rings. The van der Waals surface area contributed by atoms with Crippen LogP contribution in [0.15, 0.2) is 52.9 Å². The summed E-state index contributed by atoms with van der Waals surface area (Å²) in [4.78, 5) is 24.4. The SMILES string of the molecule is Cc1cccc(CNC(=O)[C@@H]2C[C@@H](C)CN(Cc3nc(-c4ccccc4)oc3C)C2)n1. The largest absolute Gasteiger partial charge is 0.441 e. The first-order valence-electron chi connectivity index (χ1n) is 10.9. The van der Waals surface area contributed by atoms with Crippen LogP contribution in [0.5, 0.6) is 0 Å². The van der Waals surface area contributed by atoms with Crippen molar-refractivity contribution in [3.8, 4) is 11.5 Å². The van der Waals surface area contributed by atoms with E-state index in [1.165, 1.54) is 0 Å². The number of likely N-dealkylation sites (tertiary alicyclic amines) is 1. The van der Waals surface area contributed by atoms with Gasteiger partial charge in [0, 0.05) is 30.9 Å². The first-order chi connectivity index (χ1) is 15.0. The third-order valence-corrected chi connectivity index (χ3v) is 5.78. The zero-order chi connectivity index (χ0) is 21.8. The minimum atomic E-state index is -0.0330. The lowest BCUT2D eigenvalue weighted by Crippen LogP contribution is -2.45. The standard InChI is InChI=1S/C25H30N4O2/c1-17-12-21(24(30)26-13-22-11-7-8-18(2)27-22)15-29(14-17)16-23-19(3)31-25(28-23)20-9-5-4-6-10-20/h4-11,17,21H,12-16H2,1-3H3,(H,26,30)/t17-,21-/m1/s1. The number of hydrogen-bond donors (Lipinski definition) is 1. The molecule has 1 fully saturated rings. The molecular weight excluding hydrogens is 388 g/mol. The molecule has 0 saturated carbocycles. The fourth-order valence-electron chi connectivity index (χ4n) is 4.29. The second-order valence-corrected chi connectivity index (χ2v) is 8.61. The molecule has 1 amide bonds. The molecule has 0 aliphatic carbocycles. The number of nitrogens with zero attached hydrogens (tertiary/aromatic N) is 3. The van der Waals surface area contributed by atoms with E-state index in [0.717, 1.165) is 47.9 Å². The van der Waals surface area contributed by atoms with Crippen LogP contribution in [-0.2, 0) is 17.9 Å². The average molecular weight is 419 g/mol. The number of carbonyl (C=O) groups is 1. The molecule has 6 nitrogen and oxygen atoms in total. The Morgan fingerprint density at radius 1 is 1.10 bits per heavy atom. The molecule has 1 aromatic carbocycles. The minimum absolute atomic E-state index is 0.0330. The Kier molecular flexibility index (Phi) is 6.47. The van der Waals surface area contributed by atoms with E-state index in [9.17, 15) is 4.79 Å². The molecule has 31 heavy (non-hydrogen) atoms. The van der Waals surface area contributed by atoms with Gasteiger partial charge in [-0.25, -0.2) is 4.98 Å². The summed E-state index contributed by atoms with van der Waals surface area (Å²) >= 11 is 0. The van der Waals surface area contributed by atoms with Crippen LogP contribution in [0.2, 0.25) is 0 Å². The van der Waals surface area contributed by atoms with Gasteiger partial charge in [-0.2, -0.15) is 0 Å². The Morgan fingerprint density at radius 2 is 1.90 bits per heavy atom. The molecule has 3 heterocycles. The average Bonchev–Trinajstić information content (AvgIpc) is 3.12. The van der Waals surface area contributed by atoms with Gasteiger partial charge >= 0.3 is 0 Å². The van der Waals surface area contributed by atoms with Crippen LogP contribution in [0, 0.1) is 25.7 Å². The van der Waals surface area contributed by atoms with Crippen LogP contribution in [0.3, 0.4) is 0 Å². The molecule has 1 aliphatic heterocycles. The molecular formula is C25H30N4O2. The molecule has 1 N–H and O–H groups in total. The number of carbonyl (C=O) groups excluding carboxylic acids is 1. The van der Waals surface area contributed by atoms with Crippen LogP contribution >= 0.6 is 0 Å². The lowest BCUT2D eigenvalue weighted by molar-refractivity contribution is -0.127. The van der Waals surface area contributed by atoms with Crippen LogP contribution < -0.4 is 5.32 Å². The maximum absolute atomic E-state index is 12.9. The van der Waals surface area contributed by atoms with Gasteiger partial charge in [0.05, 0.1) is 23.9 Å². The second-order valence-electron chi connectivity index (χ2n) is 8.61. The molecule has 4 rings (SSSR count). The quantitative estimate of drug-likeness (QED) is 0.652. The van der Waals surface area contributed by atoms with Crippen molar-refractivity contribution in [1.29, 1.82) is 0 Å². The van der Waals surface area contributed by atoms with Gasteiger partial charge in [-0.3, -0.25) is 14.7 Å². The summed E-state index contributed by atoms with van der Waals surface area (Å²) in [6.07, 6.45) is 0.899. The highest BCUT2D eigenvalue weighted by atomic mass is 16.4. The van der Waals surface area contributed by atoms with Gasteiger partial charge in [0.25, 0.3) is 0 Å². The van der Waals surface area contributed by atoms with E-state index in [1.807, 2.05) is 62.4 Å². The Morgan fingerprint density at radius 3 is 2.68 bits per heavy atom. The fourth-order valence-corrected chi connectivity index (χ4v) is 4.29. The first-order valence-corrected chi connectivity index (χ1v) is 10.9. The molecule has 0 spiro atoms. The Bertz CT molecular complexity index is 1030. The molecule has 6 heteroatoms. The van der Waals surface area contributed by atoms with Crippen LogP contribution in [0.4, 0.5) is 0 Å². The third kappa shape index (κ3) is 5.39. The maximum Gasteiger partial charge on any atom is 0.226 e. The topological polar surface area (TPSA) is 71.3 Å². The zero-order valence-electron chi connectivity index (χ0n) is 18.5. The molecule has 2 aromatic heterocycles.